The lowest BCUT2D eigenvalue weighted by Crippen LogP contribution is -2.23. The van der Waals surface area contributed by atoms with Gasteiger partial charge in [0.1, 0.15) is 4.90 Å². The van der Waals surface area contributed by atoms with Gasteiger partial charge in [0.15, 0.2) is 0 Å². The van der Waals surface area contributed by atoms with E-state index in [1.165, 1.54) is 18.2 Å². The van der Waals surface area contributed by atoms with Crippen LogP contribution in [0.25, 0.3) is 11.1 Å². The second-order valence-corrected chi connectivity index (χ2v) is 5.35. The summed E-state index contributed by atoms with van der Waals surface area (Å²) in [6.07, 6.45) is 1.10. The second kappa shape index (κ2) is 4.48. The zero-order valence-electron chi connectivity index (χ0n) is 9.80. The quantitative estimate of drug-likeness (QED) is 0.683. The van der Waals surface area contributed by atoms with Crippen molar-refractivity contribution in [1.29, 1.82) is 0 Å². The average Bonchev–Trinajstić information content (AvgIpc) is 2.27. The van der Waals surface area contributed by atoms with E-state index in [0.717, 1.165) is 6.20 Å². The van der Waals surface area contributed by atoms with Crippen LogP contribution in [0, 0.1) is 6.92 Å². The van der Waals surface area contributed by atoms with E-state index in [1.807, 2.05) is 4.98 Å². The van der Waals surface area contributed by atoms with Gasteiger partial charge in [0, 0.05) is 11.8 Å². The first-order valence-corrected chi connectivity index (χ1v) is 6.63. The van der Waals surface area contributed by atoms with Gasteiger partial charge < -0.3 is 4.98 Å². The Bertz CT molecular complexity index is 848. The molecule has 0 bridgehead atoms. The Morgan fingerprint density at radius 3 is 2.42 bits per heavy atom. The average molecular weight is 282 g/mol. The van der Waals surface area contributed by atoms with Crippen molar-refractivity contribution in [2.24, 2.45) is 0 Å². The molecule has 0 unspecified atom stereocenters. The molecule has 3 N–H and O–H groups in total. The number of rotatable bonds is 2. The fourth-order valence-electron chi connectivity index (χ4n) is 1.69. The Hall–Kier alpha value is -2.19. The highest BCUT2D eigenvalue weighted by molar-refractivity contribution is 7.86. The Labute approximate surface area is 107 Å². The second-order valence-electron chi connectivity index (χ2n) is 3.96. The van der Waals surface area contributed by atoms with Crippen molar-refractivity contribution in [3.05, 3.63) is 50.8 Å². The number of H-pyrrole nitrogens is 2. The van der Waals surface area contributed by atoms with Gasteiger partial charge in [0.2, 0.25) is 0 Å². The maximum Gasteiger partial charge on any atom is 0.325 e. The number of aromatic amines is 2. The molecule has 1 heterocycles. The molecule has 19 heavy (non-hydrogen) atoms. The lowest BCUT2D eigenvalue weighted by atomic mass is 10.1. The molecule has 1 aromatic carbocycles. The van der Waals surface area contributed by atoms with Gasteiger partial charge in [-0.2, -0.15) is 8.42 Å². The molecule has 0 spiro atoms. The Kier molecular flexibility index (Phi) is 3.13. The third-order valence-corrected chi connectivity index (χ3v) is 3.43. The zero-order valence-corrected chi connectivity index (χ0v) is 10.6. The van der Waals surface area contributed by atoms with Gasteiger partial charge in [-0.05, 0) is 19.1 Å². The van der Waals surface area contributed by atoms with E-state index < -0.39 is 26.3 Å². The minimum absolute atomic E-state index is 0.0278. The molecular formula is C11H10N2O5S. The molecule has 0 radical (unpaired) electrons. The van der Waals surface area contributed by atoms with Gasteiger partial charge >= 0.3 is 5.69 Å². The molecule has 0 aliphatic rings. The van der Waals surface area contributed by atoms with Crippen molar-refractivity contribution in [3.63, 3.8) is 0 Å². The first-order valence-electron chi connectivity index (χ1n) is 5.19. The topological polar surface area (TPSA) is 120 Å². The highest BCUT2D eigenvalue weighted by Crippen LogP contribution is 2.25. The SMILES string of the molecule is Cc1ccc(S(=O)(=O)O)c(-c2c[nH]c(=O)[nH]c2=O)c1. The fourth-order valence-corrected chi connectivity index (χ4v) is 2.38. The van der Waals surface area contributed by atoms with Crippen molar-refractivity contribution in [2.45, 2.75) is 11.8 Å². The van der Waals surface area contributed by atoms with Gasteiger partial charge in [0.05, 0.1) is 5.56 Å². The van der Waals surface area contributed by atoms with E-state index in [9.17, 15) is 18.0 Å². The van der Waals surface area contributed by atoms with E-state index in [4.69, 9.17) is 4.55 Å². The van der Waals surface area contributed by atoms with Gasteiger partial charge in [-0.25, -0.2) is 4.79 Å². The number of nitrogens with one attached hydrogen (secondary N) is 2. The number of aryl methyl sites for hydroxylation is 1. The van der Waals surface area contributed by atoms with E-state index >= 15 is 0 Å². The molecule has 0 atom stereocenters. The smallest absolute Gasteiger partial charge is 0.313 e. The number of hydrogen-bond donors (Lipinski definition) is 3. The number of benzene rings is 1. The third-order valence-electron chi connectivity index (χ3n) is 2.52. The molecule has 0 amide bonds. The van der Waals surface area contributed by atoms with E-state index in [1.54, 1.807) is 6.92 Å². The standard InChI is InChI=1S/C11H10N2O5S/c1-6-2-3-9(19(16,17)18)7(4-6)8-5-12-11(15)13-10(8)14/h2-5H,1H3,(H,16,17,18)(H2,12,13,14,15). The first-order chi connectivity index (χ1) is 8.79. The van der Waals surface area contributed by atoms with Gasteiger partial charge in [-0.3, -0.25) is 14.3 Å². The highest BCUT2D eigenvalue weighted by atomic mass is 32.2. The van der Waals surface area contributed by atoms with Crippen LogP contribution in [0.1, 0.15) is 5.56 Å². The molecule has 0 aliphatic carbocycles. The van der Waals surface area contributed by atoms with Crippen LogP contribution in [0.5, 0.6) is 0 Å². The maximum absolute atomic E-state index is 11.7. The fraction of sp³-hybridized carbons (Fsp3) is 0.0909. The lowest BCUT2D eigenvalue weighted by molar-refractivity contribution is 0.483. The summed E-state index contributed by atoms with van der Waals surface area (Å²) in [7, 11) is -4.47. The first kappa shape index (κ1) is 13.2. The van der Waals surface area contributed by atoms with E-state index in [-0.39, 0.29) is 11.1 Å². The minimum atomic E-state index is -4.47. The summed E-state index contributed by atoms with van der Waals surface area (Å²) in [4.78, 5) is 26.5. The predicted octanol–water partition coefficient (Wildman–Crippen LogP) is 0.285. The lowest BCUT2D eigenvalue weighted by Gasteiger charge is -2.07. The molecule has 2 aromatic rings. The largest absolute Gasteiger partial charge is 0.325 e. The van der Waals surface area contributed by atoms with Crippen LogP contribution < -0.4 is 11.2 Å². The summed E-state index contributed by atoms with van der Waals surface area (Å²) in [5.74, 6) is 0. The van der Waals surface area contributed by atoms with E-state index in [0.29, 0.717) is 5.56 Å². The summed E-state index contributed by atoms with van der Waals surface area (Å²) in [5, 5.41) is 0. The molecule has 2 rings (SSSR count). The minimum Gasteiger partial charge on any atom is -0.313 e. The van der Waals surface area contributed by atoms with Crippen molar-refractivity contribution in [1.82, 2.24) is 9.97 Å². The summed E-state index contributed by atoms with van der Waals surface area (Å²) in [6.45, 7) is 1.71. The van der Waals surface area contributed by atoms with Crippen LogP contribution in [-0.2, 0) is 10.1 Å². The third kappa shape index (κ3) is 2.64. The van der Waals surface area contributed by atoms with Gasteiger partial charge in [-0.1, -0.05) is 11.6 Å². The molecule has 0 fully saturated rings. The number of aromatic nitrogens is 2. The van der Waals surface area contributed by atoms with Crippen molar-refractivity contribution in [2.75, 3.05) is 0 Å². The zero-order chi connectivity index (χ0) is 14.2. The highest BCUT2D eigenvalue weighted by Gasteiger charge is 2.18. The normalized spacial score (nSPS) is 11.5. The summed E-state index contributed by atoms with van der Waals surface area (Å²) in [5.41, 5.74) is -0.752. The van der Waals surface area contributed by atoms with Crippen LogP contribution in [0.15, 0.2) is 38.9 Å². The Balaban J connectivity index is 2.85. The molecule has 0 saturated heterocycles. The molecular weight excluding hydrogens is 272 g/mol. The Morgan fingerprint density at radius 1 is 1.16 bits per heavy atom. The summed E-state index contributed by atoms with van der Waals surface area (Å²) < 4.78 is 31.7. The summed E-state index contributed by atoms with van der Waals surface area (Å²) in [6, 6.07) is 4.13. The monoisotopic (exact) mass is 282 g/mol. The van der Waals surface area contributed by atoms with Crippen LogP contribution in [0.2, 0.25) is 0 Å². The summed E-state index contributed by atoms with van der Waals surface area (Å²) >= 11 is 0. The number of hydrogen-bond acceptors (Lipinski definition) is 4. The molecule has 8 heteroatoms. The van der Waals surface area contributed by atoms with Crippen LogP contribution in [0.3, 0.4) is 0 Å². The van der Waals surface area contributed by atoms with Gasteiger partial charge in [-0.15, -0.1) is 0 Å². The predicted molar refractivity (Wildman–Crippen MR) is 67.7 cm³/mol. The Morgan fingerprint density at radius 2 is 1.84 bits per heavy atom. The molecule has 7 nitrogen and oxygen atoms in total. The maximum atomic E-state index is 11.7. The van der Waals surface area contributed by atoms with Gasteiger partial charge in [0.25, 0.3) is 15.7 Å². The molecule has 100 valence electrons. The molecule has 0 saturated carbocycles. The van der Waals surface area contributed by atoms with E-state index in [2.05, 4.69) is 4.98 Å². The van der Waals surface area contributed by atoms with Crippen molar-refractivity contribution < 1.29 is 13.0 Å². The molecule has 1 aromatic heterocycles. The van der Waals surface area contributed by atoms with Crippen molar-refractivity contribution in [3.8, 4) is 11.1 Å². The molecule has 0 aliphatic heterocycles. The van der Waals surface area contributed by atoms with Crippen LogP contribution in [-0.4, -0.2) is 22.9 Å². The van der Waals surface area contributed by atoms with Crippen molar-refractivity contribution >= 4 is 10.1 Å². The van der Waals surface area contributed by atoms with Crippen LogP contribution >= 0.6 is 0 Å². The van der Waals surface area contributed by atoms with Crippen LogP contribution in [0.4, 0.5) is 0 Å².